The smallest absolute Gasteiger partial charge is 0.137 e. The second-order valence-corrected chi connectivity index (χ2v) is 12.9. The number of nitrogens with zero attached hydrogens (tertiary/aromatic N) is 2. The van der Waals surface area contributed by atoms with Gasteiger partial charge in [-0.2, -0.15) is 0 Å². The number of rotatable bonds is 3. The highest BCUT2D eigenvalue weighted by Gasteiger charge is 2.19. The monoisotopic (exact) mass is 624 g/mol. The van der Waals surface area contributed by atoms with Crippen molar-refractivity contribution >= 4 is 76.3 Å². The number of benzene rings is 8. The van der Waals surface area contributed by atoms with E-state index in [1.54, 1.807) is 0 Å². The van der Waals surface area contributed by atoms with Crippen LogP contribution in [0, 0.1) is 0 Å². The van der Waals surface area contributed by atoms with Crippen LogP contribution in [0.4, 0.5) is 0 Å². The minimum Gasteiger partial charge on any atom is -0.456 e. The van der Waals surface area contributed by atoms with Crippen LogP contribution in [0.15, 0.2) is 174 Å². The standard InChI is InChI=1S/C46H28N2O/c1-2-12-32(13-3-1)47-40-25-22-31(28-38(40)35-24-21-29-11-4-5-14-33(29)46(35)47)30-23-26-41-37(27-30)34-15-6-8-17-39(34)48(41)42-18-10-20-44-45(42)36-16-7-9-19-43(36)49-44/h1-28H. The highest BCUT2D eigenvalue weighted by molar-refractivity contribution is 6.20. The first-order chi connectivity index (χ1) is 24.3. The fraction of sp³-hybridized carbons (Fsp3) is 0. The van der Waals surface area contributed by atoms with Gasteiger partial charge < -0.3 is 13.6 Å². The van der Waals surface area contributed by atoms with Gasteiger partial charge in [-0.3, -0.25) is 0 Å². The van der Waals surface area contributed by atoms with E-state index in [9.17, 15) is 0 Å². The second kappa shape index (κ2) is 9.96. The molecule has 0 aliphatic carbocycles. The van der Waals surface area contributed by atoms with E-state index >= 15 is 0 Å². The van der Waals surface area contributed by atoms with Crippen LogP contribution in [-0.4, -0.2) is 9.13 Å². The molecular weight excluding hydrogens is 597 g/mol. The third-order valence-corrected chi connectivity index (χ3v) is 10.3. The summed E-state index contributed by atoms with van der Waals surface area (Å²) >= 11 is 0. The van der Waals surface area contributed by atoms with E-state index in [2.05, 4.69) is 167 Å². The summed E-state index contributed by atoms with van der Waals surface area (Å²) in [7, 11) is 0. The van der Waals surface area contributed by atoms with E-state index in [4.69, 9.17) is 4.42 Å². The molecule has 0 N–H and O–H groups in total. The first kappa shape index (κ1) is 26.5. The lowest BCUT2D eigenvalue weighted by molar-refractivity contribution is 0.669. The van der Waals surface area contributed by atoms with E-state index in [1.807, 2.05) is 12.1 Å². The Bertz CT molecular complexity index is 3100. The van der Waals surface area contributed by atoms with Crippen LogP contribution in [0.2, 0.25) is 0 Å². The van der Waals surface area contributed by atoms with Gasteiger partial charge in [-0.05, 0) is 77.2 Å². The van der Waals surface area contributed by atoms with Gasteiger partial charge >= 0.3 is 0 Å². The van der Waals surface area contributed by atoms with E-state index in [1.165, 1.54) is 71.2 Å². The van der Waals surface area contributed by atoms with E-state index < -0.39 is 0 Å². The van der Waals surface area contributed by atoms with Crippen molar-refractivity contribution < 1.29 is 4.42 Å². The summed E-state index contributed by atoms with van der Waals surface area (Å²) in [6, 6.07) is 61.3. The summed E-state index contributed by atoms with van der Waals surface area (Å²) in [5.74, 6) is 0. The Labute approximate surface area is 281 Å². The first-order valence-electron chi connectivity index (χ1n) is 16.8. The lowest BCUT2D eigenvalue weighted by Crippen LogP contribution is -1.94. The van der Waals surface area contributed by atoms with Gasteiger partial charge in [0.1, 0.15) is 11.2 Å². The number of hydrogen-bond donors (Lipinski definition) is 0. The molecule has 49 heavy (non-hydrogen) atoms. The van der Waals surface area contributed by atoms with Crippen LogP contribution in [0.5, 0.6) is 0 Å². The molecule has 3 aromatic heterocycles. The summed E-state index contributed by atoms with van der Waals surface area (Å²) < 4.78 is 11.1. The van der Waals surface area contributed by atoms with Gasteiger partial charge in [0, 0.05) is 38.0 Å². The Morgan fingerprint density at radius 3 is 1.84 bits per heavy atom. The molecule has 3 nitrogen and oxygen atoms in total. The minimum absolute atomic E-state index is 0.900. The predicted molar refractivity (Wildman–Crippen MR) is 205 cm³/mol. The summed E-state index contributed by atoms with van der Waals surface area (Å²) in [5.41, 5.74) is 11.3. The maximum absolute atomic E-state index is 6.30. The molecule has 0 aliphatic heterocycles. The Balaban J connectivity index is 1.16. The summed E-state index contributed by atoms with van der Waals surface area (Å²) in [6.45, 7) is 0. The number of fused-ring (bicyclic) bond motifs is 11. The lowest BCUT2D eigenvalue weighted by atomic mass is 10.00. The second-order valence-electron chi connectivity index (χ2n) is 12.9. The molecule has 0 fully saturated rings. The zero-order valence-corrected chi connectivity index (χ0v) is 26.5. The molecule has 0 spiro atoms. The van der Waals surface area contributed by atoms with Gasteiger partial charge in [0.05, 0.1) is 33.1 Å². The van der Waals surface area contributed by atoms with Gasteiger partial charge in [-0.25, -0.2) is 0 Å². The molecule has 0 unspecified atom stereocenters. The lowest BCUT2D eigenvalue weighted by Gasteiger charge is -2.10. The number of aromatic nitrogens is 2. The molecular formula is C46H28N2O. The van der Waals surface area contributed by atoms with Crippen molar-refractivity contribution in [2.24, 2.45) is 0 Å². The molecule has 0 amide bonds. The largest absolute Gasteiger partial charge is 0.456 e. The summed E-state index contributed by atoms with van der Waals surface area (Å²) in [6.07, 6.45) is 0. The average molecular weight is 625 g/mol. The summed E-state index contributed by atoms with van der Waals surface area (Å²) in [5, 5.41) is 9.75. The Morgan fingerprint density at radius 1 is 0.367 bits per heavy atom. The van der Waals surface area contributed by atoms with Crippen LogP contribution in [0.3, 0.4) is 0 Å². The molecule has 3 heteroatoms. The molecule has 11 rings (SSSR count). The SMILES string of the molecule is c1ccc(-n2c3ccc(-c4ccc5c(c4)c4ccccc4n5-c4cccc5oc6ccccc6c45)cc3c3ccc4ccccc4c32)cc1. The van der Waals surface area contributed by atoms with Crippen LogP contribution >= 0.6 is 0 Å². The molecule has 0 radical (unpaired) electrons. The van der Waals surface area contributed by atoms with Gasteiger partial charge in [0.25, 0.3) is 0 Å². The number of para-hydroxylation sites is 3. The molecule has 0 bridgehead atoms. The third-order valence-electron chi connectivity index (χ3n) is 10.3. The van der Waals surface area contributed by atoms with Gasteiger partial charge in [-0.15, -0.1) is 0 Å². The van der Waals surface area contributed by atoms with Gasteiger partial charge in [0.2, 0.25) is 0 Å². The van der Waals surface area contributed by atoms with Crippen LogP contribution in [0.1, 0.15) is 0 Å². The van der Waals surface area contributed by atoms with Crippen molar-refractivity contribution in [3.63, 3.8) is 0 Å². The van der Waals surface area contributed by atoms with Crippen molar-refractivity contribution in [1.82, 2.24) is 9.13 Å². The van der Waals surface area contributed by atoms with Crippen molar-refractivity contribution in [1.29, 1.82) is 0 Å². The summed E-state index contributed by atoms with van der Waals surface area (Å²) in [4.78, 5) is 0. The quantitative estimate of drug-likeness (QED) is 0.192. The van der Waals surface area contributed by atoms with E-state index in [0.29, 0.717) is 0 Å². The zero-order chi connectivity index (χ0) is 32.1. The Kier molecular flexibility index (Phi) is 5.38. The molecule has 0 aliphatic rings. The molecule has 11 aromatic rings. The normalized spacial score (nSPS) is 12.1. The van der Waals surface area contributed by atoms with Gasteiger partial charge in [-0.1, -0.05) is 109 Å². The molecule has 0 saturated carbocycles. The molecule has 3 heterocycles. The number of hydrogen-bond acceptors (Lipinski definition) is 1. The minimum atomic E-state index is 0.900. The third kappa shape index (κ3) is 3.73. The maximum Gasteiger partial charge on any atom is 0.137 e. The van der Waals surface area contributed by atoms with Crippen LogP contribution in [-0.2, 0) is 0 Å². The van der Waals surface area contributed by atoms with Crippen molar-refractivity contribution in [3.8, 4) is 22.5 Å². The molecule has 228 valence electrons. The van der Waals surface area contributed by atoms with Crippen LogP contribution in [0.25, 0.3) is 98.8 Å². The maximum atomic E-state index is 6.30. The van der Waals surface area contributed by atoms with Gasteiger partial charge in [0.15, 0.2) is 0 Å². The van der Waals surface area contributed by atoms with Crippen molar-refractivity contribution in [2.75, 3.05) is 0 Å². The van der Waals surface area contributed by atoms with Crippen molar-refractivity contribution in [2.45, 2.75) is 0 Å². The Hall–Kier alpha value is -6.58. The molecule has 0 saturated heterocycles. The fourth-order valence-corrected chi connectivity index (χ4v) is 8.16. The topological polar surface area (TPSA) is 23.0 Å². The van der Waals surface area contributed by atoms with Crippen molar-refractivity contribution in [3.05, 3.63) is 170 Å². The zero-order valence-electron chi connectivity index (χ0n) is 26.5. The average Bonchev–Trinajstić information content (AvgIpc) is 3.82. The fourth-order valence-electron chi connectivity index (χ4n) is 8.16. The highest BCUT2D eigenvalue weighted by Crippen LogP contribution is 2.42. The highest BCUT2D eigenvalue weighted by atomic mass is 16.3. The predicted octanol–water partition coefficient (Wildman–Crippen LogP) is 12.6. The first-order valence-corrected chi connectivity index (χ1v) is 16.8. The number of furan rings is 1. The van der Waals surface area contributed by atoms with Crippen LogP contribution < -0.4 is 0 Å². The van der Waals surface area contributed by atoms with E-state index in [0.717, 1.165) is 27.6 Å². The Morgan fingerprint density at radius 2 is 1.00 bits per heavy atom. The van der Waals surface area contributed by atoms with E-state index in [-0.39, 0.29) is 0 Å². The molecule has 8 aromatic carbocycles. The molecule has 0 atom stereocenters.